The average Bonchev–Trinajstić information content (AvgIpc) is 2.30. The van der Waals surface area contributed by atoms with Crippen molar-refractivity contribution in [2.45, 2.75) is 12.8 Å². The van der Waals surface area contributed by atoms with Gasteiger partial charge in [0.05, 0.1) is 18.1 Å². The molecule has 0 saturated carbocycles. The predicted octanol–water partition coefficient (Wildman–Crippen LogP) is 3.03. The van der Waals surface area contributed by atoms with Crippen LogP contribution in [-0.2, 0) is 4.79 Å². The first-order chi connectivity index (χ1) is 9.67. The fourth-order valence-corrected chi connectivity index (χ4v) is 1.52. The number of anilines is 1. The summed E-state index contributed by atoms with van der Waals surface area (Å²) in [5.41, 5.74) is 0.139. The largest absolute Gasteiger partial charge is 0.433 e. The molecule has 4 nitrogen and oxygen atoms in total. The zero-order chi connectivity index (χ0) is 16.0. The van der Waals surface area contributed by atoms with Gasteiger partial charge in [-0.15, -0.1) is 0 Å². The Hall–Kier alpha value is -1.61. The number of halogens is 6. The highest BCUT2D eigenvalue weighted by atomic mass is 35.5. The van der Waals surface area contributed by atoms with E-state index in [0.29, 0.717) is 0 Å². The highest BCUT2D eigenvalue weighted by molar-refractivity contribution is 6.32. The van der Waals surface area contributed by atoms with Crippen LogP contribution in [0.3, 0.4) is 0 Å². The molecule has 0 radical (unpaired) electrons. The molecule has 0 spiro atoms. The summed E-state index contributed by atoms with van der Waals surface area (Å²) in [5.74, 6) is -1.02. The standard InChI is InChI=1S/C11H10ClF5N2O2/c12-7-3-6(1-2-8(7)21-10(13)14)19-9(20)4-18-5-11(15,16)17/h1-3,10,18H,4-5H2,(H,19,20). The Balaban J connectivity index is 2.51. The van der Waals surface area contributed by atoms with Crippen molar-refractivity contribution in [3.8, 4) is 5.75 Å². The molecule has 118 valence electrons. The van der Waals surface area contributed by atoms with Gasteiger partial charge in [-0.05, 0) is 18.2 Å². The molecular formula is C11H10ClF5N2O2. The second-order valence-corrected chi connectivity index (χ2v) is 4.20. The summed E-state index contributed by atoms with van der Waals surface area (Å²) in [6.45, 7) is -4.91. The van der Waals surface area contributed by atoms with Crippen LogP contribution in [0.2, 0.25) is 5.02 Å². The first kappa shape index (κ1) is 17.4. The molecule has 0 aliphatic carbocycles. The monoisotopic (exact) mass is 332 g/mol. The van der Waals surface area contributed by atoms with E-state index in [4.69, 9.17) is 11.6 Å². The summed E-state index contributed by atoms with van der Waals surface area (Å²) in [4.78, 5) is 11.3. The zero-order valence-corrected chi connectivity index (χ0v) is 11.1. The number of hydrogen-bond donors (Lipinski definition) is 2. The molecule has 1 aromatic carbocycles. The number of amides is 1. The van der Waals surface area contributed by atoms with E-state index in [0.717, 1.165) is 12.1 Å². The van der Waals surface area contributed by atoms with Crippen molar-refractivity contribution in [1.82, 2.24) is 5.32 Å². The molecular weight excluding hydrogens is 323 g/mol. The van der Waals surface area contributed by atoms with Gasteiger partial charge in [0.15, 0.2) is 0 Å². The molecule has 0 saturated heterocycles. The van der Waals surface area contributed by atoms with E-state index in [1.165, 1.54) is 6.07 Å². The highest BCUT2D eigenvalue weighted by Gasteiger charge is 2.26. The highest BCUT2D eigenvalue weighted by Crippen LogP contribution is 2.28. The summed E-state index contributed by atoms with van der Waals surface area (Å²) in [6, 6.07) is 3.47. The third-order valence-corrected chi connectivity index (χ3v) is 2.34. The topological polar surface area (TPSA) is 50.4 Å². The molecule has 1 amide bonds. The molecule has 0 unspecified atom stereocenters. The van der Waals surface area contributed by atoms with Gasteiger partial charge in [-0.1, -0.05) is 11.6 Å². The van der Waals surface area contributed by atoms with Crippen molar-refractivity contribution in [3.63, 3.8) is 0 Å². The van der Waals surface area contributed by atoms with Gasteiger partial charge in [0.2, 0.25) is 5.91 Å². The fourth-order valence-electron chi connectivity index (χ4n) is 1.29. The first-order valence-corrected chi connectivity index (χ1v) is 5.87. The lowest BCUT2D eigenvalue weighted by molar-refractivity contribution is -0.127. The number of carbonyl (C=O) groups is 1. The summed E-state index contributed by atoms with van der Waals surface area (Å²) in [7, 11) is 0. The number of benzene rings is 1. The summed E-state index contributed by atoms with van der Waals surface area (Å²) >= 11 is 5.65. The lowest BCUT2D eigenvalue weighted by atomic mass is 10.3. The molecule has 0 fully saturated rings. The van der Waals surface area contributed by atoms with Gasteiger partial charge in [0, 0.05) is 5.69 Å². The molecule has 1 aromatic rings. The van der Waals surface area contributed by atoms with Gasteiger partial charge >= 0.3 is 12.8 Å². The lowest BCUT2D eigenvalue weighted by Gasteiger charge is -2.10. The van der Waals surface area contributed by atoms with Crippen molar-refractivity contribution < 1.29 is 31.5 Å². The number of alkyl halides is 5. The molecule has 0 heterocycles. The van der Waals surface area contributed by atoms with Crippen molar-refractivity contribution in [3.05, 3.63) is 23.2 Å². The summed E-state index contributed by atoms with van der Waals surface area (Å²) in [6.07, 6.45) is -4.42. The van der Waals surface area contributed by atoms with Crippen LogP contribution in [0.15, 0.2) is 18.2 Å². The van der Waals surface area contributed by atoms with E-state index in [9.17, 15) is 26.7 Å². The normalized spacial score (nSPS) is 11.6. The number of nitrogens with one attached hydrogen (secondary N) is 2. The van der Waals surface area contributed by atoms with Gasteiger partial charge in [-0.2, -0.15) is 22.0 Å². The average molecular weight is 333 g/mol. The van der Waals surface area contributed by atoms with Crippen LogP contribution < -0.4 is 15.4 Å². The SMILES string of the molecule is O=C(CNCC(F)(F)F)Nc1ccc(OC(F)F)c(Cl)c1. The zero-order valence-electron chi connectivity index (χ0n) is 10.3. The molecule has 10 heteroatoms. The maximum absolute atomic E-state index is 12.0. The third kappa shape index (κ3) is 7.09. The smallest absolute Gasteiger partial charge is 0.401 e. The van der Waals surface area contributed by atoms with Crippen LogP contribution >= 0.6 is 11.6 Å². The summed E-state index contributed by atoms with van der Waals surface area (Å²) < 4.78 is 63.6. The Bertz CT molecular complexity index is 496. The number of rotatable bonds is 6. The van der Waals surface area contributed by atoms with Gasteiger partial charge in [-0.3, -0.25) is 4.79 Å². The van der Waals surface area contributed by atoms with E-state index in [-0.39, 0.29) is 16.5 Å². The molecule has 0 aliphatic heterocycles. The van der Waals surface area contributed by atoms with Gasteiger partial charge in [0.1, 0.15) is 5.75 Å². The Morgan fingerprint density at radius 3 is 2.52 bits per heavy atom. The Labute approximate surface area is 121 Å². The van der Waals surface area contributed by atoms with Gasteiger partial charge < -0.3 is 15.4 Å². The Morgan fingerprint density at radius 2 is 2.00 bits per heavy atom. The second-order valence-electron chi connectivity index (χ2n) is 3.79. The second kappa shape index (κ2) is 7.41. The Morgan fingerprint density at radius 1 is 1.33 bits per heavy atom. The molecule has 0 atom stereocenters. The molecule has 1 rings (SSSR count). The van der Waals surface area contributed by atoms with Crippen LogP contribution in [0.1, 0.15) is 0 Å². The van der Waals surface area contributed by atoms with E-state index < -0.39 is 31.8 Å². The maximum Gasteiger partial charge on any atom is 0.401 e. The molecule has 0 aromatic heterocycles. The lowest BCUT2D eigenvalue weighted by Crippen LogP contribution is -2.35. The Kier molecular flexibility index (Phi) is 6.16. The van der Waals surface area contributed by atoms with Crippen LogP contribution in [0, 0.1) is 0 Å². The number of carbonyl (C=O) groups excluding carboxylic acids is 1. The van der Waals surface area contributed by atoms with E-state index in [1.54, 1.807) is 0 Å². The van der Waals surface area contributed by atoms with Crippen LogP contribution in [0.25, 0.3) is 0 Å². The minimum absolute atomic E-state index is 0.139. The van der Waals surface area contributed by atoms with Crippen molar-refractivity contribution in [1.29, 1.82) is 0 Å². The van der Waals surface area contributed by atoms with E-state index in [1.807, 2.05) is 5.32 Å². The van der Waals surface area contributed by atoms with Gasteiger partial charge in [-0.25, -0.2) is 0 Å². The minimum Gasteiger partial charge on any atom is -0.433 e. The molecule has 21 heavy (non-hydrogen) atoms. The van der Waals surface area contributed by atoms with E-state index in [2.05, 4.69) is 10.1 Å². The molecule has 0 aliphatic rings. The van der Waals surface area contributed by atoms with Crippen molar-refractivity contribution in [2.75, 3.05) is 18.4 Å². The molecule has 0 bridgehead atoms. The fraction of sp³-hybridized carbons (Fsp3) is 0.364. The maximum atomic E-state index is 12.0. The predicted molar refractivity (Wildman–Crippen MR) is 65.6 cm³/mol. The van der Waals surface area contributed by atoms with Crippen molar-refractivity contribution >= 4 is 23.2 Å². The van der Waals surface area contributed by atoms with Crippen molar-refractivity contribution in [2.24, 2.45) is 0 Å². The van der Waals surface area contributed by atoms with Gasteiger partial charge in [0.25, 0.3) is 0 Å². The third-order valence-electron chi connectivity index (χ3n) is 2.04. The number of hydrogen-bond acceptors (Lipinski definition) is 3. The first-order valence-electron chi connectivity index (χ1n) is 5.49. The van der Waals surface area contributed by atoms with E-state index >= 15 is 0 Å². The quantitative estimate of drug-likeness (QED) is 0.787. The molecule has 2 N–H and O–H groups in total. The van der Waals surface area contributed by atoms with Crippen LogP contribution in [-0.4, -0.2) is 31.8 Å². The summed E-state index contributed by atoms with van der Waals surface area (Å²) in [5, 5.41) is 3.99. The van der Waals surface area contributed by atoms with Crippen LogP contribution in [0.5, 0.6) is 5.75 Å². The number of ether oxygens (including phenoxy) is 1. The minimum atomic E-state index is -4.42. The van der Waals surface area contributed by atoms with Crippen LogP contribution in [0.4, 0.5) is 27.6 Å².